The molecule has 2 atom stereocenters. The number of imide groups is 1. The SMILES string of the molecule is CN1C(=O)N(c2cc(Cl)cc(Cl)c2)C(=O)C12CN(C(=O)CCN1CCCCC1)CC2c1ccc(C#N)cc1. The largest absolute Gasteiger partial charge is 0.339 e. The molecule has 5 rings (SSSR count). The predicted molar refractivity (Wildman–Crippen MR) is 145 cm³/mol. The Balaban J connectivity index is 1.49. The van der Waals surface area contributed by atoms with Crippen LogP contribution in [0.15, 0.2) is 42.5 Å². The van der Waals surface area contributed by atoms with Crippen molar-refractivity contribution in [3.63, 3.8) is 0 Å². The van der Waals surface area contributed by atoms with E-state index in [0.717, 1.165) is 36.4 Å². The average Bonchev–Trinajstić information content (AvgIpc) is 3.40. The first-order chi connectivity index (χ1) is 18.2. The number of amides is 4. The number of likely N-dealkylation sites (N-methyl/N-ethyl adjacent to an activating group) is 1. The smallest absolute Gasteiger partial charge is 0.332 e. The van der Waals surface area contributed by atoms with Crippen molar-refractivity contribution in [2.75, 3.05) is 44.7 Å². The maximum Gasteiger partial charge on any atom is 0.332 e. The minimum absolute atomic E-state index is 0.0380. The standard InChI is InChI=1S/C28H29Cl2N5O3/c1-32-27(38)35(23-14-21(29)13-22(30)15-23)26(37)28(32)18-34(25(36)9-12-33-10-3-2-4-11-33)17-24(28)20-7-5-19(16-31)6-8-20/h5-8,13-15,24H,2-4,9-12,17-18H2,1H3. The molecule has 0 aromatic heterocycles. The molecule has 3 aliphatic heterocycles. The summed E-state index contributed by atoms with van der Waals surface area (Å²) in [5.41, 5.74) is 0.262. The molecule has 3 saturated heterocycles. The van der Waals surface area contributed by atoms with E-state index in [-0.39, 0.29) is 24.7 Å². The van der Waals surface area contributed by atoms with Crippen molar-refractivity contribution in [2.24, 2.45) is 0 Å². The van der Waals surface area contributed by atoms with Crippen LogP contribution >= 0.6 is 23.2 Å². The Bertz CT molecular complexity index is 1280. The molecule has 10 heteroatoms. The van der Waals surface area contributed by atoms with Crippen molar-refractivity contribution in [3.05, 3.63) is 63.6 Å². The number of halogens is 2. The summed E-state index contributed by atoms with van der Waals surface area (Å²) in [5, 5.41) is 9.88. The molecule has 1 spiro atoms. The molecule has 198 valence electrons. The lowest BCUT2D eigenvalue weighted by Crippen LogP contribution is -2.54. The van der Waals surface area contributed by atoms with Gasteiger partial charge in [0.15, 0.2) is 0 Å². The van der Waals surface area contributed by atoms with Crippen LogP contribution in [0.2, 0.25) is 10.0 Å². The number of likely N-dealkylation sites (tertiary alicyclic amines) is 2. The topological polar surface area (TPSA) is 88.0 Å². The zero-order valence-corrected chi connectivity index (χ0v) is 22.7. The van der Waals surface area contributed by atoms with E-state index in [4.69, 9.17) is 23.2 Å². The van der Waals surface area contributed by atoms with Gasteiger partial charge in [-0.25, -0.2) is 9.69 Å². The third kappa shape index (κ3) is 4.64. The van der Waals surface area contributed by atoms with Gasteiger partial charge in [-0.3, -0.25) is 9.59 Å². The van der Waals surface area contributed by atoms with Crippen molar-refractivity contribution in [1.82, 2.24) is 14.7 Å². The van der Waals surface area contributed by atoms with Crippen LogP contribution in [0.4, 0.5) is 10.5 Å². The highest BCUT2D eigenvalue weighted by molar-refractivity contribution is 6.35. The monoisotopic (exact) mass is 553 g/mol. The zero-order chi connectivity index (χ0) is 27.0. The van der Waals surface area contributed by atoms with Crippen LogP contribution in [0, 0.1) is 11.3 Å². The number of hydrogen-bond donors (Lipinski definition) is 0. The number of urea groups is 1. The van der Waals surface area contributed by atoms with E-state index in [1.165, 1.54) is 29.5 Å². The van der Waals surface area contributed by atoms with Gasteiger partial charge in [-0.2, -0.15) is 5.26 Å². The second-order valence-electron chi connectivity index (χ2n) is 10.2. The summed E-state index contributed by atoms with van der Waals surface area (Å²) < 4.78 is 0. The second-order valence-corrected chi connectivity index (χ2v) is 11.1. The maximum atomic E-state index is 14.2. The zero-order valence-electron chi connectivity index (χ0n) is 21.2. The van der Waals surface area contributed by atoms with Crippen molar-refractivity contribution in [1.29, 1.82) is 5.26 Å². The third-order valence-electron chi connectivity index (χ3n) is 8.05. The van der Waals surface area contributed by atoms with Crippen LogP contribution in [0.1, 0.15) is 42.7 Å². The second kappa shape index (κ2) is 10.6. The van der Waals surface area contributed by atoms with Crippen LogP contribution in [-0.2, 0) is 9.59 Å². The van der Waals surface area contributed by atoms with Gasteiger partial charge < -0.3 is 14.7 Å². The van der Waals surface area contributed by atoms with Gasteiger partial charge in [0, 0.05) is 42.5 Å². The fraction of sp³-hybridized carbons (Fsp3) is 0.429. The Morgan fingerprint density at radius 2 is 1.71 bits per heavy atom. The first-order valence-corrected chi connectivity index (χ1v) is 13.6. The van der Waals surface area contributed by atoms with E-state index in [1.54, 1.807) is 36.2 Å². The molecule has 3 aliphatic rings. The van der Waals surface area contributed by atoms with Gasteiger partial charge >= 0.3 is 6.03 Å². The lowest BCUT2D eigenvalue weighted by atomic mass is 9.80. The molecule has 4 amide bonds. The average molecular weight is 554 g/mol. The van der Waals surface area contributed by atoms with Gasteiger partial charge in [0.2, 0.25) is 5.91 Å². The van der Waals surface area contributed by atoms with Crippen LogP contribution in [0.25, 0.3) is 0 Å². The molecule has 3 fully saturated rings. The molecule has 0 radical (unpaired) electrons. The van der Waals surface area contributed by atoms with Gasteiger partial charge in [0.05, 0.1) is 23.9 Å². The van der Waals surface area contributed by atoms with E-state index in [0.29, 0.717) is 28.6 Å². The van der Waals surface area contributed by atoms with Crippen molar-refractivity contribution in [2.45, 2.75) is 37.1 Å². The number of nitriles is 1. The number of rotatable bonds is 5. The molecule has 8 nitrogen and oxygen atoms in total. The summed E-state index contributed by atoms with van der Waals surface area (Å²) in [7, 11) is 1.60. The first-order valence-electron chi connectivity index (χ1n) is 12.8. The highest BCUT2D eigenvalue weighted by Crippen LogP contribution is 2.46. The van der Waals surface area contributed by atoms with Crippen molar-refractivity contribution < 1.29 is 14.4 Å². The first kappa shape index (κ1) is 26.5. The fourth-order valence-electron chi connectivity index (χ4n) is 5.99. The van der Waals surface area contributed by atoms with Gasteiger partial charge in [0.1, 0.15) is 5.54 Å². The maximum absolute atomic E-state index is 14.2. The highest BCUT2D eigenvalue weighted by Gasteiger charge is 2.64. The Labute approximate surface area is 232 Å². The molecular weight excluding hydrogens is 525 g/mol. The summed E-state index contributed by atoms with van der Waals surface area (Å²) in [5.74, 6) is -0.941. The Kier molecular flexibility index (Phi) is 7.36. The van der Waals surface area contributed by atoms with Gasteiger partial charge in [0.25, 0.3) is 5.91 Å². The Hall–Kier alpha value is -3.12. The normalized spacial score (nSPS) is 23.9. The number of nitrogens with zero attached hydrogens (tertiary/aromatic N) is 5. The minimum Gasteiger partial charge on any atom is -0.339 e. The highest BCUT2D eigenvalue weighted by atomic mass is 35.5. The Morgan fingerprint density at radius 3 is 2.34 bits per heavy atom. The van der Waals surface area contributed by atoms with E-state index >= 15 is 0 Å². The lowest BCUT2D eigenvalue weighted by molar-refractivity contribution is -0.131. The van der Waals surface area contributed by atoms with Crippen molar-refractivity contribution in [3.8, 4) is 6.07 Å². The molecule has 0 saturated carbocycles. The summed E-state index contributed by atoms with van der Waals surface area (Å²) in [6.45, 7) is 3.05. The predicted octanol–water partition coefficient (Wildman–Crippen LogP) is 4.50. The molecular formula is C28H29Cl2N5O3. The van der Waals surface area contributed by atoms with Gasteiger partial charge in [-0.05, 0) is 61.8 Å². The van der Waals surface area contributed by atoms with Crippen LogP contribution in [0.3, 0.4) is 0 Å². The molecule has 2 aromatic rings. The summed E-state index contributed by atoms with van der Waals surface area (Å²) in [6, 6.07) is 13.2. The number of carbonyl (C=O) groups excluding carboxylic acids is 3. The molecule has 0 aliphatic carbocycles. The van der Waals surface area contributed by atoms with Gasteiger partial charge in [-0.15, -0.1) is 0 Å². The van der Waals surface area contributed by atoms with Crippen LogP contribution in [0.5, 0.6) is 0 Å². The quantitative estimate of drug-likeness (QED) is 0.508. The molecule has 2 aromatic carbocycles. The van der Waals surface area contributed by atoms with E-state index in [9.17, 15) is 19.6 Å². The number of carbonyl (C=O) groups is 3. The van der Waals surface area contributed by atoms with E-state index in [2.05, 4.69) is 11.0 Å². The third-order valence-corrected chi connectivity index (χ3v) is 8.49. The number of anilines is 1. The molecule has 2 unspecified atom stereocenters. The summed E-state index contributed by atoms with van der Waals surface area (Å²) >= 11 is 12.4. The van der Waals surface area contributed by atoms with Gasteiger partial charge in [-0.1, -0.05) is 41.8 Å². The lowest BCUT2D eigenvalue weighted by Gasteiger charge is -2.33. The van der Waals surface area contributed by atoms with E-state index < -0.39 is 23.4 Å². The molecule has 38 heavy (non-hydrogen) atoms. The summed E-state index contributed by atoms with van der Waals surface area (Å²) in [6.07, 6.45) is 3.87. The Morgan fingerprint density at radius 1 is 1.05 bits per heavy atom. The number of piperidine rings is 1. The number of hydrogen-bond acceptors (Lipinski definition) is 5. The molecule has 0 bridgehead atoms. The summed E-state index contributed by atoms with van der Waals surface area (Å²) in [4.78, 5) is 47.8. The van der Waals surface area contributed by atoms with Crippen LogP contribution in [-0.4, -0.2) is 77.9 Å². The molecule has 0 N–H and O–H groups in total. The fourth-order valence-corrected chi connectivity index (χ4v) is 6.50. The molecule has 3 heterocycles. The van der Waals surface area contributed by atoms with Crippen molar-refractivity contribution >= 4 is 46.7 Å². The van der Waals surface area contributed by atoms with Crippen LogP contribution < -0.4 is 4.90 Å². The minimum atomic E-state index is -1.30. The van der Waals surface area contributed by atoms with E-state index in [1.807, 2.05) is 0 Å². The number of benzene rings is 2.